The molecule has 0 nitrogen and oxygen atoms in total. The zero-order valence-corrected chi connectivity index (χ0v) is 10.1. The summed E-state index contributed by atoms with van der Waals surface area (Å²) in [5.41, 5.74) is 1.50. The second-order valence-electron chi connectivity index (χ2n) is 4.40. The summed E-state index contributed by atoms with van der Waals surface area (Å²) in [5, 5.41) is 0. The Morgan fingerprint density at radius 1 is 1.23 bits per heavy atom. The molecule has 0 spiro atoms. The van der Waals surface area contributed by atoms with Crippen LogP contribution in [0, 0.1) is 17.8 Å². The first kappa shape index (κ1) is 12.7. The highest BCUT2D eigenvalue weighted by atomic mass is 14.3. The molecule has 0 amide bonds. The highest BCUT2D eigenvalue weighted by molar-refractivity contribution is 5.05. The van der Waals surface area contributed by atoms with E-state index in [2.05, 4.69) is 27.4 Å². The second kappa shape index (κ2) is 6.23. The summed E-state index contributed by atoms with van der Waals surface area (Å²) in [5.74, 6) is 2.50. The van der Waals surface area contributed by atoms with Crippen LogP contribution in [0.3, 0.4) is 0 Å². The van der Waals surface area contributed by atoms with Crippen LogP contribution in [0.4, 0.5) is 0 Å². The molecule has 0 heteroatoms. The zero-order valence-electron chi connectivity index (χ0n) is 10.1. The molecule has 0 aromatic heterocycles. The maximum absolute atomic E-state index is 4.17. The molecule has 78 valence electrons. The molecule has 1 aliphatic carbocycles. The monoisotopic (exact) mass is 182 g/mol. The number of rotatable bonds is 1. The normalized spacial score (nSPS) is 28.3. The molecule has 2 atom stereocenters. The first-order chi connectivity index (χ1) is 6.11. The zero-order chi connectivity index (χ0) is 10.4. The summed E-state index contributed by atoms with van der Waals surface area (Å²) in [4.78, 5) is 0. The van der Waals surface area contributed by atoms with Gasteiger partial charge in [-0.2, -0.15) is 0 Å². The molecule has 0 unspecified atom stereocenters. The lowest BCUT2D eigenvalue weighted by atomic mass is 9.75. The van der Waals surface area contributed by atoms with Crippen molar-refractivity contribution in [2.45, 2.75) is 53.9 Å². The van der Waals surface area contributed by atoms with Gasteiger partial charge in [-0.1, -0.05) is 46.8 Å². The van der Waals surface area contributed by atoms with Gasteiger partial charge in [-0.3, -0.25) is 0 Å². The third kappa shape index (κ3) is 3.97. The van der Waals surface area contributed by atoms with Crippen molar-refractivity contribution in [1.82, 2.24) is 0 Å². The van der Waals surface area contributed by atoms with Crippen molar-refractivity contribution in [3.8, 4) is 0 Å². The molecule has 0 heterocycles. The minimum Gasteiger partial charge on any atom is -0.0996 e. The van der Waals surface area contributed by atoms with Crippen LogP contribution in [-0.4, -0.2) is 0 Å². The third-order valence-corrected chi connectivity index (χ3v) is 2.91. The van der Waals surface area contributed by atoms with Gasteiger partial charge in [0.1, 0.15) is 0 Å². The number of hydrogen-bond donors (Lipinski definition) is 0. The lowest BCUT2D eigenvalue weighted by molar-refractivity contribution is 0.309. The van der Waals surface area contributed by atoms with Crippen molar-refractivity contribution in [2.24, 2.45) is 17.8 Å². The van der Waals surface area contributed by atoms with Crippen molar-refractivity contribution in [3.05, 3.63) is 12.2 Å². The number of allylic oxidation sites excluding steroid dienone is 1. The summed E-state index contributed by atoms with van der Waals surface area (Å²) < 4.78 is 0. The summed E-state index contributed by atoms with van der Waals surface area (Å²) in [7, 11) is 0. The summed E-state index contributed by atoms with van der Waals surface area (Å²) in [6, 6.07) is 0. The lowest BCUT2D eigenvalue weighted by Crippen LogP contribution is -2.19. The van der Waals surface area contributed by atoms with Gasteiger partial charge in [-0.15, -0.1) is 0 Å². The Hall–Kier alpha value is -0.260. The predicted molar refractivity (Wildman–Crippen MR) is 61.8 cm³/mol. The Bertz CT molecular complexity index is 144. The molecule has 0 aromatic carbocycles. The van der Waals surface area contributed by atoms with E-state index < -0.39 is 0 Å². The topological polar surface area (TPSA) is 0 Å². The molecule has 0 aromatic rings. The standard InChI is InChI=1S/C11H20.C2H6/c1-8(2)11-6-5-9(3)7-10(11)4;1-2/h8-9,11H,4-7H2,1-3H3;1-2H3/t9-,11+;/m1./s1. The Morgan fingerprint density at radius 3 is 2.15 bits per heavy atom. The third-order valence-electron chi connectivity index (χ3n) is 2.91. The average molecular weight is 182 g/mol. The van der Waals surface area contributed by atoms with E-state index in [1.807, 2.05) is 13.8 Å². The van der Waals surface area contributed by atoms with Gasteiger partial charge in [0, 0.05) is 0 Å². The molecular weight excluding hydrogens is 156 g/mol. The molecular formula is C13H26. The first-order valence-corrected chi connectivity index (χ1v) is 5.79. The van der Waals surface area contributed by atoms with Gasteiger partial charge < -0.3 is 0 Å². The smallest absolute Gasteiger partial charge is 0.0183 e. The highest BCUT2D eigenvalue weighted by Crippen LogP contribution is 2.36. The molecule has 1 fully saturated rings. The van der Waals surface area contributed by atoms with Crippen LogP contribution >= 0.6 is 0 Å². The fourth-order valence-corrected chi connectivity index (χ4v) is 2.17. The number of hydrogen-bond acceptors (Lipinski definition) is 0. The van der Waals surface area contributed by atoms with E-state index in [0.717, 1.165) is 17.8 Å². The van der Waals surface area contributed by atoms with Crippen molar-refractivity contribution in [1.29, 1.82) is 0 Å². The maximum atomic E-state index is 4.17. The molecule has 13 heavy (non-hydrogen) atoms. The largest absolute Gasteiger partial charge is 0.0996 e. The van der Waals surface area contributed by atoms with E-state index >= 15 is 0 Å². The van der Waals surface area contributed by atoms with Crippen molar-refractivity contribution in [3.63, 3.8) is 0 Å². The molecule has 0 saturated heterocycles. The van der Waals surface area contributed by atoms with Gasteiger partial charge in [0.25, 0.3) is 0 Å². The van der Waals surface area contributed by atoms with Gasteiger partial charge >= 0.3 is 0 Å². The Kier molecular flexibility index (Phi) is 6.11. The Labute approximate surface area is 84.4 Å². The van der Waals surface area contributed by atoms with Crippen LogP contribution < -0.4 is 0 Å². The highest BCUT2D eigenvalue weighted by Gasteiger charge is 2.23. The molecule has 1 rings (SSSR count). The summed E-state index contributed by atoms with van der Waals surface area (Å²) in [6.45, 7) is 15.1. The first-order valence-electron chi connectivity index (χ1n) is 5.79. The van der Waals surface area contributed by atoms with Crippen LogP contribution in [0.1, 0.15) is 53.9 Å². The lowest BCUT2D eigenvalue weighted by Gasteiger charge is -2.31. The van der Waals surface area contributed by atoms with Crippen LogP contribution in [-0.2, 0) is 0 Å². The average Bonchev–Trinajstić information content (AvgIpc) is 2.07. The van der Waals surface area contributed by atoms with Gasteiger partial charge in [-0.05, 0) is 37.0 Å². The Morgan fingerprint density at radius 2 is 1.77 bits per heavy atom. The van der Waals surface area contributed by atoms with E-state index in [-0.39, 0.29) is 0 Å². The Balaban J connectivity index is 0.000000671. The molecule has 1 aliphatic rings. The van der Waals surface area contributed by atoms with Crippen LogP contribution in [0.2, 0.25) is 0 Å². The van der Waals surface area contributed by atoms with Crippen molar-refractivity contribution < 1.29 is 0 Å². The molecule has 1 saturated carbocycles. The quantitative estimate of drug-likeness (QED) is 0.517. The molecule has 0 aliphatic heterocycles. The maximum Gasteiger partial charge on any atom is -0.0183 e. The molecule has 0 bridgehead atoms. The SMILES string of the molecule is C=C1C[C@H](C)CC[C@H]1C(C)C.CC. The van der Waals surface area contributed by atoms with Gasteiger partial charge in [0.2, 0.25) is 0 Å². The minimum atomic E-state index is 0.801. The minimum absolute atomic E-state index is 0.801. The summed E-state index contributed by atoms with van der Waals surface area (Å²) in [6.07, 6.45) is 4.04. The van der Waals surface area contributed by atoms with Crippen LogP contribution in [0.25, 0.3) is 0 Å². The van der Waals surface area contributed by atoms with E-state index in [1.54, 1.807) is 0 Å². The van der Waals surface area contributed by atoms with E-state index in [9.17, 15) is 0 Å². The van der Waals surface area contributed by atoms with E-state index in [1.165, 1.54) is 24.8 Å². The molecule has 0 radical (unpaired) electrons. The van der Waals surface area contributed by atoms with Crippen molar-refractivity contribution >= 4 is 0 Å². The van der Waals surface area contributed by atoms with E-state index in [4.69, 9.17) is 0 Å². The predicted octanol–water partition coefficient (Wildman–Crippen LogP) is 4.66. The fourth-order valence-electron chi connectivity index (χ4n) is 2.17. The van der Waals surface area contributed by atoms with Crippen LogP contribution in [0.5, 0.6) is 0 Å². The van der Waals surface area contributed by atoms with Gasteiger partial charge in [0.05, 0.1) is 0 Å². The summed E-state index contributed by atoms with van der Waals surface area (Å²) >= 11 is 0. The second-order valence-corrected chi connectivity index (χ2v) is 4.40. The fraction of sp³-hybridized carbons (Fsp3) is 0.846. The van der Waals surface area contributed by atoms with Gasteiger partial charge in [0.15, 0.2) is 0 Å². The van der Waals surface area contributed by atoms with Crippen molar-refractivity contribution in [2.75, 3.05) is 0 Å². The molecule has 0 N–H and O–H groups in total. The van der Waals surface area contributed by atoms with Gasteiger partial charge in [-0.25, -0.2) is 0 Å². The van der Waals surface area contributed by atoms with Crippen LogP contribution in [0.15, 0.2) is 12.2 Å². The van der Waals surface area contributed by atoms with E-state index in [0.29, 0.717) is 0 Å².